The highest BCUT2D eigenvalue weighted by Gasteiger charge is 2.15. The molecule has 0 fully saturated rings. The molecule has 16 heavy (non-hydrogen) atoms. The second kappa shape index (κ2) is 4.50. The van der Waals surface area contributed by atoms with Gasteiger partial charge < -0.3 is 10.2 Å². The first-order valence-corrected chi connectivity index (χ1v) is 5.59. The van der Waals surface area contributed by atoms with Crippen LogP contribution in [0.3, 0.4) is 0 Å². The van der Waals surface area contributed by atoms with E-state index in [1.807, 2.05) is 25.1 Å². The van der Waals surface area contributed by atoms with Gasteiger partial charge in [-0.25, -0.2) is 0 Å². The van der Waals surface area contributed by atoms with Crippen LogP contribution in [0, 0.1) is 6.92 Å². The van der Waals surface area contributed by atoms with Gasteiger partial charge >= 0.3 is 0 Å². The van der Waals surface area contributed by atoms with Crippen molar-refractivity contribution in [2.45, 2.75) is 13.0 Å². The molecule has 0 saturated heterocycles. The van der Waals surface area contributed by atoms with Crippen molar-refractivity contribution >= 4 is 23.2 Å². The monoisotopic (exact) mass is 255 g/mol. The Kier molecular flexibility index (Phi) is 3.24. The SMILES string of the molecule is Cc1cc(C(N)c2cccc(Cl)c2Cl)co1. The molecule has 0 aliphatic rings. The lowest BCUT2D eigenvalue weighted by Gasteiger charge is -2.12. The van der Waals surface area contributed by atoms with Gasteiger partial charge in [-0.3, -0.25) is 0 Å². The van der Waals surface area contributed by atoms with Gasteiger partial charge in [0.2, 0.25) is 0 Å². The summed E-state index contributed by atoms with van der Waals surface area (Å²) in [5, 5.41) is 1.00. The van der Waals surface area contributed by atoms with Crippen molar-refractivity contribution in [2.24, 2.45) is 5.73 Å². The average molecular weight is 256 g/mol. The maximum atomic E-state index is 6.10. The Morgan fingerprint density at radius 2 is 2.06 bits per heavy atom. The molecule has 0 radical (unpaired) electrons. The molecular weight excluding hydrogens is 245 g/mol. The Bertz CT molecular complexity index is 507. The molecule has 0 bridgehead atoms. The third-order valence-electron chi connectivity index (χ3n) is 2.43. The molecule has 4 heteroatoms. The normalized spacial score (nSPS) is 12.8. The smallest absolute Gasteiger partial charge is 0.101 e. The predicted molar refractivity (Wildman–Crippen MR) is 65.9 cm³/mol. The maximum Gasteiger partial charge on any atom is 0.101 e. The minimum Gasteiger partial charge on any atom is -0.469 e. The number of nitrogens with two attached hydrogens (primary N) is 1. The van der Waals surface area contributed by atoms with Crippen molar-refractivity contribution < 1.29 is 4.42 Å². The Morgan fingerprint density at radius 1 is 1.31 bits per heavy atom. The first kappa shape index (κ1) is 11.5. The van der Waals surface area contributed by atoms with Gasteiger partial charge in [-0.05, 0) is 24.6 Å². The Hall–Kier alpha value is -0.960. The second-order valence-electron chi connectivity index (χ2n) is 3.61. The molecule has 1 unspecified atom stereocenters. The zero-order chi connectivity index (χ0) is 11.7. The zero-order valence-corrected chi connectivity index (χ0v) is 10.2. The first-order valence-electron chi connectivity index (χ1n) is 4.84. The van der Waals surface area contributed by atoms with Crippen LogP contribution in [0.4, 0.5) is 0 Å². The van der Waals surface area contributed by atoms with Gasteiger partial charge in [0, 0.05) is 5.56 Å². The maximum absolute atomic E-state index is 6.10. The number of benzene rings is 1. The van der Waals surface area contributed by atoms with Crippen molar-refractivity contribution in [2.75, 3.05) is 0 Å². The molecule has 84 valence electrons. The van der Waals surface area contributed by atoms with Crippen molar-refractivity contribution in [1.29, 1.82) is 0 Å². The summed E-state index contributed by atoms with van der Waals surface area (Å²) < 4.78 is 5.22. The van der Waals surface area contributed by atoms with Gasteiger partial charge in [0.05, 0.1) is 22.4 Å². The van der Waals surface area contributed by atoms with Crippen molar-refractivity contribution in [3.63, 3.8) is 0 Å². The molecule has 2 nitrogen and oxygen atoms in total. The Balaban J connectivity index is 2.41. The zero-order valence-electron chi connectivity index (χ0n) is 8.71. The quantitative estimate of drug-likeness (QED) is 0.883. The van der Waals surface area contributed by atoms with E-state index in [0.29, 0.717) is 10.0 Å². The molecule has 2 N–H and O–H groups in total. The number of hydrogen-bond donors (Lipinski definition) is 1. The van der Waals surface area contributed by atoms with Gasteiger partial charge in [0.15, 0.2) is 0 Å². The standard InChI is InChI=1S/C12H11Cl2NO/c1-7-5-8(6-16-7)12(15)9-3-2-4-10(13)11(9)14/h2-6,12H,15H2,1H3. The third kappa shape index (κ3) is 2.09. The van der Waals surface area contributed by atoms with Crippen molar-refractivity contribution in [3.05, 3.63) is 57.5 Å². The molecule has 1 heterocycles. The summed E-state index contributed by atoms with van der Waals surface area (Å²) in [5.41, 5.74) is 7.79. The van der Waals surface area contributed by atoms with E-state index in [9.17, 15) is 0 Å². The lowest BCUT2D eigenvalue weighted by atomic mass is 10.0. The van der Waals surface area contributed by atoms with E-state index in [0.717, 1.165) is 16.9 Å². The second-order valence-corrected chi connectivity index (χ2v) is 4.40. The van der Waals surface area contributed by atoms with E-state index in [1.54, 1.807) is 12.3 Å². The summed E-state index contributed by atoms with van der Waals surface area (Å²) in [6.07, 6.45) is 1.64. The summed E-state index contributed by atoms with van der Waals surface area (Å²) in [4.78, 5) is 0. The van der Waals surface area contributed by atoms with Crippen LogP contribution >= 0.6 is 23.2 Å². The van der Waals surface area contributed by atoms with Crippen molar-refractivity contribution in [3.8, 4) is 0 Å². The van der Waals surface area contributed by atoms with Gasteiger partial charge in [-0.1, -0.05) is 35.3 Å². The largest absolute Gasteiger partial charge is 0.469 e. The third-order valence-corrected chi connectivity index (χ3v) is 3.26. The molecule has 2 rings (SSSR count). The number of aryl methyl sites for hydroxylation is 1. The topological polar surface area (TPSA) is 39.2 Å². The molecule has 0 amide bonds. The van der Waals surface area contributed by atoms with Crippen LogP contribution in [0.2, 0.25) is 10.0 Å². The highest BCUT2D eigenvalue weighted by Crippen LogP contribution is 2.32. The van der Waals surface area contributed by atoms with Crippen LogP contribution in [0.1, 0.15) is 22.9 Å². The molecule has 0 aliphatic heterocycles. The van der Waals surface area contributed by atoms with Gasteiger partial charge in [-0.2, -0.15) is 0 Å². The van der Waals surface area contributed by atoms with Crippen LogP contribution in [0.5, 0.6) is 0 Å². The summed E-state index contributed by atoms with van der Waals surface area (Å²) in [7, 11) is 0. The van der Waals surface area contributed by atoms with Crippen LogP contribution in [0.25, 0.3) is 0 Å². The number of furan rings is 1. The summed E-state index contributed by atoms with van der Waals surface area (Å²) in [5.74, 6) is 0.823. The lowest BCUT2D eigenvalue weighted by Crippen LogP contribution is -2.11. The van der Waals surface area contributed by atoms with E-state index < -0.39 is 0 Å². The van der Waals surface area contributed by atoms with Crippen molar-refractivity contribution in [1.82, 2.24) is 0 Å². The number of rotatable bonds is 2. The van der Waals surface area contributed by atoms with E-state index in [2.05, 4.69) is 0 Å². The first-order chi connectivity index (χ1) is 7.59. The molecule has 0 spiro atoms. The molecule has 2 aromatic rings. The van der Waals surface area contributed by atoms with E-state index in [4.69, 9.17) is 33.4 Å². The van der Waals surface area contributed by atoms with Gasteiger partial charge in [-0.15, -0.1) is 0 Å². The van der Waals surface area contributed by atoms with Gasteiger partial charge in [0.1, 0.15) is 5.76 Å². The van der Waals surface area contributed by atoms with Gasteiger partial charge in [0.25, 0.3) is 0 Å². The Labute approximate surface area is 104 Å². The minimum absolute atomic E-state index is 0.316. The molecule has 0 aliphatic carbocycles. The summed E-state index contributed by atoms with van der Waals surface area (Å²) in [6.45, 7) is 1.87. The van der Waals surface area contributed by atoms with Crippen LogP contribution in [-0.2, 0) is 0 Å². The molecule has 0 saturated carbocycles. The van der Waals surface area contributed by atoms with E-state index >= 15 is 0 Å². The minimum atomic E-state index is -0.316. The predicted octanol–water partition coefficient (Wildman–Crippen LogP) is 3.94. The summed E-state index contributed by atoms with van der Waals surface area (Å²) in [6, 6.07) is 7.00. The van der Waals surface area contributed by atoms with E-state index in [-0.39, 0.29) is 6.04 Å². The molecule has 1 aromatic carbocycles. The van der Waals surface area contributed by atoms with Crippen LogP contribution < -0.4 is 5.73 Å². The summed E-state index contributed by atoms with van der Waals surface area (Å²) >= 11 is 12.0. The molecular formula is C12H11Cl2NO. The fourth-order valence-corrected chi connectivity index (χ4v) is 1.99. The molecule has 1 aromatic heterocycles. The van der Waals surface area contributed by atoms with Crippen LogP contribution in [0.15, 0.2) is 34.9 Å². The molecule has 1 atom stereocenters. The number of halogens is 2. The average Bonchev–Trinajstić information content (AvgIpc) is 2.68. The van der Waals surface area contributed by atoms with E-state index in [1.165, 1.54) is 0 Å². The highest BCUT2D eigenvalue weighted by molar-refractivity contribution is 6.42. The fourth-order valence-electron chi connectivity index (χ4n) is 1.57. The fraction of sp³-hybridized carbons (Fsp3) is 0.167. The lowest BCUT2D eigenvalue weighted by molar-refractivity contribution is 0.530. The van der Waals surface area contributed by atoms with Crippen LogP contribution in [-0.4, -0.2) is 0 Å². The Morgan fingerprint density at radius 3 is 2.69 bits per heavy atom. The number of hydrogen-bond acceptors (Lipinski definition) is 2. The highest BCUT2D eigenvalue weighted by atomic mass is 35.5.